The van der Waals surface area contributed by atoms with Crippen molar-refractivity contribution in [1.29, 1.82) is 0 Å². The Balaban J connectivity index is 1.84. The van der Waals surface area contributed by atoms with E-state index in [1.807, 2.05) is 0 Å². The van der Waals surface area contributed by atoms with Gasteiger partial charge in [0, 0.05) is 36.7 Å². The topological polar surface area (TPSA) is 137 Å². The fourth-order valence-corrected chi connectivity index (χ4v) is 5.24. The Bertz CT molecular complexity index is 1400. The number of rotatable bonds is 8. The third-order valence-corrected chi connectivity index (χ3v) is 7.78. The van der Waals surface area contributed by atoms with Crippen LogP contribution in [0.3, 0.4) is 0 Å². The number of phenols is 2. The molecule has 3 rings (SSSR count). The fraction of sp³-hybridized carbons (Fsp3) is 0.407. The highest BCUT2D eigenvalue weighted by Crippen LogP contribution is 2.42. The number of amides is 1. The van der Waals surface area contributed by atoms with Gasteiger partial charge in [0.15, 0.2) is 0 Å². The molecule has 1 heterocycles. The summed E-state index contributed by atoms with van der Waals surface area (Å²) in [5.41, 5.74) is 5.19. The van der Waals surface area contributed by atoms with E-state index in [1.54, 1.807) is 26.0 Å². The number of alkyl halides is 3. The lowest BCUT2D eigenvalue weighted by Gasteiger charge is -2.28. The summed E-state index contributed by atoms with van der Waals surface area (Å²) in [4.78, 5) is 18.3. The number of phenolic OH excluding ortho intramolecular Hbond substituents is 2. The van der Waals surface area contributed by atoms with Crippen LogP contribution in [0.1, 0.15) is 43.4 Å². The number of sulfonamides is 1. The number of nitrogens with two attached hydrogens (primary N) is 1. The molecular formula is C27H33F3N4O5S. The molecule has 0 atom stereocenters. The van der Waals surface area contributed by atoms with Gasteiger partial charge < -0.3 is 20.8 Å². The summed E-state index contributed by atoms with van der Waals surface area (Å²) in [6.45, 7) is 3.51. The monoisotopic (exact) mass is 582 g/mol. The lowest BCUT2D eigenvalue weighted by molar-refractivity contribution is -0.138. The normalized spacial score (nSPS) is 16.1. The molecule has 13 heteroatoms. The molecular weight excluding hydrogens is 549 g/mol. The molecule has 0 aliphatic carbocycles. The van der Waals surface area contributed by atoms with E-state index in [2.05, 4.69) is 4.99 Å². The summed E-state index contributed by atoms with van der Waals surface area (Å²) in [5, 5.41) is 20.3. The van der Waals surface area contributed by atoms with Gasteiger partial charge in [0.2, 0.25) is 15.9 Å². The predicted molar refractivity (Wildman–Crippen MR) is 148 cm³/mol. The minimum Gasteiger partial charge on any atom is -0.507 e. The Morgan fingerprint density at radius 2 is 1.82 bits per heavy atom. The second-order valence-electron chi connectivity index (χ2n) is 9.86. The number of anilines is 1. The summed E-state index contributed by atoms with van der Waals surface area (Å²) in [6.07, 6.45) is 0.156. The van der Waals surface area contributed by atoms with E-state index in [1.165, 1.54) is 28.6 Å². The van der Waals surface area contributed by atoms with Gasteiger partial charge in [0.05, 0.1) is 18.0 Å². The van der Waals surface area contributed by atoms with Crippen molar-refractivity contribution in [2.45, 2.75) is 38.9 Å². The maximum Gasteiger partial charge on any atom is 0.421 e. The number of hydrogen-bond donors (Lipinski definition) is 3. The number of aliphatic imine (C=N–C) groups is 1. The highest BCUT2D eigenvalue weighted by atomic mass is 32.2. The molecule has 40 heavy (non-hydrogen) atoms. The fourth-order valence-electron chi connectivity index (χ4n) is 4.37. The molecule has 0 saturated carbocycles. The lowest BCUT2D eigenvalue weighted by atomic mass is 10.1. The molecule has 1 saturated heterocycles. The summed E-state index contributed by atoms with van der Waals surface area (Å²) >= 11 is 0. The summed E-state index contributed by atoms with van der Waals surface area (Å²) in [7, 11) is -3.27. The number of aromatic hydroxyl groups is 2. The van der Waals surface area contributed by atoms with Gasteiger partial charge in [-0.15, -0.1) is 0 Å². The standard InChI is InChI=1S/C27H33F3N4O5S/c1-17(2)26(37)34(21-7-4-8-23(36)24(21)27(28,29)30)13-5-6-18-16-19(9-10-22(18)35)25(31)32-20-11-14-33(15-12-20)40(3,38)39/h4-10,16-17,20,35-36H,11-15H2,1-3H3,(H2,31,32)/b6-5+. The number of carbonyl (C=O) groups excluding carboxylic acids is 1. The SMILES string of the molecule is CC(C)C(=O)N(C/C=C/c1cc(C(N)=NC2CCN(S(C)(=O)=O)CC2)ccc1O)c1cccc(O)c1C(F)(F)F. The smallest absolute Gasteiger partial charge is 0.421 e. The van der Waals surface area contributed by atoms with Crippen LogP contribution in [0, 0.1) is 5.92 Å². The largest absolute Gasteiger partial charge is 0.507 e. The van der Waals surface area contributed by atoms with Gasteiger partial charge in [-0.3, -0.25) is 9.79 Å². The van der Waals surface area contributed by atoms with Crippen molar-refractivity contribution in [1.82, 2.24) is 4.31 Å². The average molecular weight is 583 g/mol. The first-order valence-electron chi connectivity index (χ1n) is 12.6. The van der Waals surface area contributed by atoms with Crippen LogP contribution in [0.4, 0.5) is 18.9 Å². The third-order valence-electron chi connectivity index (χ3n) is 6.48. The maximum atomic E-state index is 13.7. The molecule has 218 valence electrons. The first-order chi connectivity index (χ1) is 18.6. The Hall–Kier alpha value is -3.58. The van der Waals surface area contributed by atoms with Crippen molar-refractivity contribution >= 4 is 33.5 Å². The third kappa shape index (κ3) is 7.54. The molecule has 0 bridgehead atoms. The Morgan fingerprint density at radius 3 is 2.40 bits per heavy atom. The number of nitrogens with zero attached hydrogens (tertiary/aromatic N) is 3. The molecule has 0 unspecified atom stereocenters. The van der Waals surface area contributed by atoms with E-state index in [0.29, 0.717) is 37.1 Å². The van der Waals surface area contributed by atoms with Crippen LogP contribution >= 0.6 is 0 Å². The molecule has 2 aromatic carbocycles. The van der Waals surface area contributed by atoms with E-state index in [9.17, 15) is 36.6 Å². The average Bonchev–Trinajstić information content (AvgIpc) is 2.86. The number of carbonyl (C=O) groups is 1. The quantitative estimate of drug-likeness (QED) is 0.319. The van der Waals surface area contributed by atoms with Gasteiger partial charge in [-0.25, -0.2) is 12.7 Å². The van der Waals surface area contributed by atoms with Crippen LogP contribution in [-0.2, 0) is 21.0 Å². The summed E-state index contributed by atoms with van der Waals surface area (Å²) < 4.78 is 66.0. The Morgan fingerprint density at radius 1 is 1.18 bits per heavy atom. The van der Waals surface area contributed by atoms with Crippen LogP contribution < -0.4 is 10.6 Å². The van der Waals surface area contributed by atoms with E-state index < -0.39 is 45.0 Å². The van der Waals surface area contributed by atoms with Crippen molar-refractivity contribution in [2.75, 3.05) is 30.8 Å². The van der Waals surface area contributed by atoms with Gasteiger partial charge in [0.1, 0.15) is 22.9 Å². The molecule has 0 spiro atoms. The molecule has 1 fully saturated rings. The highest BCUT2D eigenvalue weighted by molar-refractivity contribution is 7.88. The zero-order valence-electron chi connectivity index (χ0n) is 22.4. The minimum absolute atomic E-state index is 0.121. The van der Waals surface area contributed by atoms with Crippen LogP contribution in [0.5, 0.6) is 11.5 Å². The van der Waals surface area contributed by atoms with Crippen molar-refractivity contribution < 1.29 is 36.6 Å². The van der Waals surface area contributed by atoms with E-state index >= 15 is 0 Å². The minimum atomic E-state index is -4.90. The number of hydrogen-bond acceptors (Lipinski definition) is 6. The van der Waals surface area contributed by atoms with Crippen LogP contribution in [0.25, 0.3) is 6.08 Å². The molecule has 0 aromatic heterocycles. The summed E-state index contributed by atoms with van der Waals surface area (Å²) in [5.74, 6) is -2.13. The second-order valence-corrected chi connectivity index (χ2v) is 11.8. The molecule has 1 aliphatic heterocycles. The first kappa shape index (κ1) is 31.0. The Kier molecular flexibility index (Phi) is 9.52. The van der Waals surface area contributed by atoms with Gasteiger partial charge in [-0.05, 0) is 43.2 Å². The van der Waals surface area contributed by atoms with Crippen LogP contribution in [0.15, 0.2) is 47.5 Å². The van der Waals surface area contributed by atoms with Gasteiger partial charge in [-0.1, -0.05) is 32.1 Å². The predicted octanol–water partition coefficient (Wildman–Crippen LogP) is 3.95. The lowest BCUT2D eigenvalue weighted by Crippen LogP contribution is -2.39. The Labute approximate surface area is 231 Å². The van der Waals surface area contributed by atoms with E-state index in [-0.39, 0.29) is 24.2 Å². The molecule has 1 amide bonds. The number of benzene rings is 2. The van der Waals surface area contributed by atoms with E-state index in [0.717, 1.165) is 23.3 Å². The molecule has 9 nitrogen and oxygen atoms in total. The zero-order chi connectivity index (χ0) is 29.8. The van der Waals surface area contributed by atoms with Crippen molar-refractivity contribution in [3.05, 3.63) is 59.2 Å². The highest BCUT2D eigenvalue weighted by Gasteiger charge is 2.39. The number of piperidine rings is 1. The first-order valence-corrected chi connectivity index (χ1v) is 14.4. The summed E-state index contributed by atoms with van der Waals surface area (Å²) in [6, 6.07) is 7.60. The van der Waals surface area contributed by atoms with Crippen molar-refractivity contribution in [2.24, 2.45) is 16.6 Å². The van der Waals surface area contributed by atoms with Crippen molar-refractivity contribution in [3.8, 4) is 11.5 Å². The maximum absolute atomic E-state index is 13.7. The zero-order valence-corrected chi connectivity index (χ0v) is 23.2. The van der Waals surface area contributed by atoms with Gasteiger partial charge >= 0.3 is 6.18 Å². The molecule has 4 N–H and O–H groups in total. The second kappa shape index (κ2) is 12.3. The number of amidine groups is 1. The molecule has 2 aromatic rings. The molecule has 0 radical (unpaired) electrons. The van der Waals surface area contributed by atoms with E-state index in [4.69, 9.17) is 5.73 Å². The van der Waals surface area contributed by atoms with Crippen molar-refractivity contribution in [3.63, 3.8) is 0 Å². The van der Waals surface area contributed by atoms with Crippen LogP contribution in [0.2, 0.25) is 0 Å². The van der Waals surface area contributed by atoms with Crippen LogP contribution in [-0.4, -0.2) is 66.6 Å². The number of halogens is 3. The van der Waals surface area contributed by atoms with Gasteiger partial charge in [0.25, 0.3) is 0 Å². The molecule has 1 aliphatic rings. The van der Waals surface area contributed by atoms with Gasteiger partial charge in [-0.2, -0.15) is 13.2 Å².